The van der Waals surface area contributed by atoms with E-state index < -0.39 is 0 Å². The Morgan fingerprint density at radius 2 is 1.68 bits per heavy atom. The summed E-state index contributed by atoms with van der Waals surface area (Å²) in [5.74, 6) is 2.16. The van der Waals surface area contributed by atoms with Gasteiger partial charge < -0.3 is 10.1 Å². The van der Waals surface area contributed by atoms with Crippen LogP contribution in [0.15, 0.2) is 96.1 Å². The van der Waals surface area contributed by atoms with Gasteiger partial charge >= 0.3 is 0 Å². The van der Waals surface area contributed by atoms with Gasteiger partial charge in [-0.25, -0.2) is 4.98 Å². The van der Waals surface area contributed by atoms with E-state index in [0.717, 1.165) is 28.5 Å². The van der Waals surface area contributed by atoms with Crippen LogP contribution in [0, 0.1) is 0 Å². The summed E-state index contributed by atoms with van der Waals surface area (Å²) in [5.41, 5.74) is 7.78. The smallest absolute Gasteiger partial charge is 0.263 e. The maximum Gasteiger partial charge on any atom is 0.263 e. The van der Waals surface area contributed by atoms with E-state index in [2.05, 4.69) is 46.9 Å². The standard InChI is InChI=1S/C27H27N6O/c1-20(21-10-4-3-5-11-21)31-27-28-17-16-26(32-27)33(19-29-23-13-7-8-14-24(23)33)30-18-22-12-6-9-15-25(22)34-2/h3-17,19-20,30H,18H2,1-2H3,(H,28,31,32)/q+1. The fourth-order valence-corrected chi connectivity index (χ4v) is 4.16. The van der Waals surface area contributed by atoms with Crippen molar-refractivity contribution >= 4 is 29.5 Å². The van der Waals surface area contributed by atoms with E-state index in [0.29, 0.717) is 12.5 Å². The maximum absolute atomic E-state index is 5.56. The third-order valence-electron chi connectivity index (χ3n) is 5.99. The first-order valence-electron chi connectivity index (χ1n) is 11.3. The van der Waals surface area contributed by atoms with Crippen molar-refractivity contribution in [3.05, 3.63) is 102 Å². The fourth-order valence-electron chi connectivity index (χ4n) is 4.16. The molecule has 4 aromatic rings. The van der Waals surface area contributed by atoms with Crippen LogP contribution in [-0.4, -0.2) is 23.4 Å². The minimum absolute atomic E-state index is 0.0611. The van der Waals surface area contributed by atoms with Crippen molar-refractivity contribution in [2.75, 3.05) is 12.4 Å². The molecule has 1 aliphatic rings. The first-order valence-corrected chi connectivity index (χ1v) is 11.3. The van der Waals surface area contributed by atoms with E-state index in [9.17, 15) is 0 Å². The van der Waals surface area contributed by atoms with Gasteiger partial charge in [-0.1, -0.05) is 60.7 Å². The van der Waals surface area contributed by atoms with E-state index in [1.54, 1.807) is 13.3 Å². The lowest BCUT2D eigenvalue weighted by Crippen LogP contribution is -2.53. The molecule has 0 saturated carbocycles. The van der Waals surface area contributed by atoms with Crippen LogP contribution in [0.2, 0.25) is 0 Å². The lowest BCUT2D eigenvalue weighted by atomic mass is 10.1. The largest absolute Gasteiger partial charge is 0.496 e. The zero-order chi connectivity index (χ0) is 23.4. The summed E-state index contributed by atoms with van der Waals surface area (Å²) in [6, 6.07) is 28.3. The number of nitrogens with zero attached hydrogens (tertiary/aromatic N) is 4. The average molecular weight is 452 g/mol. The molecule has 2 heterocycles. The number of aliphatic imine (C=N–C) groups is 1. The van der Waals surface area contributed by atoms with E-state index in [4.69, 9.17) is 14.7 Å². The van der Waals surface area contributed by atoms with Crippen LogP contribution in [0.4, 0.5) is 23.1 Å². The van der Waals surface area contributed by atoms with Crippen LogP contribution >= 0.6 is 0 Å². The van der Waals surface area contributed by atoms with Crippen molar-refractivity contribution in [2.24, 2.45) is 4.99 Å². The van der Waals surface area contributed by atoms with Gasteiger partial charge in [0.15, 0.2) is 5.69 Å². The molecule has 2 atom stereocenters. The second-order valence-corrected chi connectivity index (χ2v) is 8.12. The summed E-state index contributed by atoms with van der Waals surface area (Å²) in [7, 11) is 1.69. The lowest BCUT2D eigenvalue weighted by molar-refractivity contribution is 0.385. The van der Waals surface area contributed by atoms with Crippen molar-refractivity contribution in [3.63, 3.8) is 0 Å². The quantitative estimate of drug-likeness (QED) is 0.338. The van der Waals surface area contributed by atoms with Gasteiger partial charge in [-0.2, -0.15) is 9.98 Å². The molecule has 0 bridgehead atoms. The summed E-state index contributed by atoms with van der Waals surface area (Å²) >= 11 is 0. The second-order valence-electron chi connectivity index (χ2n) is 8.12. The number of ether oxygens (including phenoxy) is 1. The number of quaternary nitrogens is 1. The van der Waals surface area contributed by atoms with Gasteiger partial charge in [0, 0.05) is 23.9 Å². The molecule has 7 nitrogen and oxygen atoms in total. The minimum Gasteiger partial charge on any atom is -0.496 e. The maximum atomic E-state index is 5.56. The van der Waals surface area contributed by atoms with Gasteiger partial charge in [-0.05, 0) is 24.6 Å². The Morgan fingerprint density at radius 3 is 2.53 bits per heavy atom. The van der Waals surface area contributed by atoms with Crippen LogP contribution in [-0.2, 0) is 6.54 Å². The second kappa shape index (κ2) is 9.43. The topological polar surface area (TPSA) is 71.4 Å². The molecule has 2 unspecified atom stereocenters. The molecule has 1 aliphatic heterocycles. The molecule has 3 aromatic carbocycles. The molecule has 0 fully saturated rings. The van der Waals surface area contributed by atoms with Crippen molar-refractivity contribution in [1.82, 2.24) is 20.0 Å². The van der Waals surface area contributed by atoms with Gasteiger partial charge in [-0.15, -0.1) is 10.0 Å². The monoisotopic (exact) mass is 451 g/mol. The highest BCUT2D eigenvalue weighted by Gasteiger charge is 2.41. The normalized spacial score (nSPS) is 17.2. The molecule has 170 valence electrons. The van der Waals surface area contributed by atoms with Crippen molar-refractivity contribution in [1.29, 1.82) is 0 Å². The molecule has 1 aromatic heterocycles. The molecule has 7 heteroatoms. The zero-order valence-corrected chi connectivity index (χ0v) is 19.2. The van der Waals surface area contributed by atoms with Gasteiger partial charge in [0.2, 0.25) is 12.3 Å². The van der Waals surface area contributed by atoms with Crippen LogP contribution in [0.1, 0.15) is 24.1 Å². The molecule has 0 spiro atoms. The molecule has 2 N–H and O–H groups in total. The fraction of sp³-hybridized carbons (Fsp3) is 0.148. The summed E-state index contributed by atoms with van der Waals surface area (Å²) in [5, 5.41) is 3.43. The summed E-state index contributed by atoms with van der Waals surface area (Å²) in [4.78, 5) is 14.1. The number of anilines is 1. The molecule has 0 amide bonds. The van der Waals surface area contributed by atoms with Crippen LogP contribution in [0.3, 0.4) is 0 Å². The van der Waals surface area contributed by atoms with Crippen LogP contribution < -0.4 is 20.1 Å². The first kappa shape index (κ1) is 21.8. The third-order valence-corrected chi connectivity index (χ3v) is 5.99. The number of rotatable bonds is 8. The molecule has 0 saturated heterocycles. The van der Waals surface area contributed by atoms with Gasteiger partial charge in [0.1, 0.15) is 11.4 Å². The summed E-state index contributed by atoms with van der Waals surface area (Å²) in [6.45, 7) is 2.65. The number of benzene rings is 3. The highest BCUT2D eigenvalue weighted by molar-refractivity contribution is 5.93. The highest BCUT2D eigenvalue weighted by atomic mass is 16.5. The van der Waals surface area contributed by atoms with Crippen molar-refractivity contribution in [2.45, 2.75) is 19.5 Å². The van der Waals surface area contributed by atoms with Gasteiger partial charge in [0.25, 0.3) is 5.82 Å². The Labute approximate surface area is 199 Å². The first-order chi connectivity index (χ1) is 16.7. The van der Waals surface area contributed by atoms with E-state index in [1.807, 2.05) is 67.0 Å². The average Bonchev–Trinajstić information content (AvgIpc) is 3.28. The molecule has 5 rings (SSSR count). The molecular formula is C27H27N6O+. The predicted octanol–water partition coefficient (Wildman–Crippen LogP) is 5.68. The Balaban J connectivity index is 1.49. The number of para-hydroxylation sites is 3. The number of hydrogen-bond donors (Lipinski definition) is 2. The number of aromatic nitrogens is 2. The Kier molecular flexibility index (Phi) is 6.03. The summed E-state index contributed by atoms with van der Waals surface area (Å²) in [6.07, 6.45) is 3.66. The van der Waals surface area contributed by atoms with E-state index in [1.165, 1.54) is 5.56 Å². The minimum atomic E-state index is 0.0611. The van der Waals surface area contributed by atoms with Crippen molar-refractivity contribution < 1.29 is 4.74 Å². The summed E-state index contributed by atoms with van der Waals surface area (Å²) < 4.78 is 5.73. The molecule has 0 aliphatic carbocycles. The van der Waals surface area contributed by atoms with Gasteiger partial charge in [-0.3, -0.25) is 0 Å². The zero-order valence-electron chi connectivity index (χ0n) is 19.2. The number of hydrogen-bond acceptors (Lipinski definition) is 6. The van der Waals surface area contributed by atoms with Crippen LogP contribution in [0.25, 0.3) is 0 Å². The Morgan fingerprint density at radius 1 is 0.912 bits per heavy atom. The SMILES string of the molecule is COc1ccccc1CN[N+]1(c2ccnc(NC(C)c3ccccc3)n2)C=Nc2ccccc21. The van der Waals surface area contributed by atoms with E-state index >= 15 is 0 Å². The molecule has 34 heavy (non-hydrogen) atoms. The lowest BCUT2D eigenvalue weighted by Gasteiger charge is -2.29. The van der Waals surface area contributed by atoms with Gasteiger partial charge in [0.05, 0.1) is 19.7 Å². The van der Waals surface area contributed by atoms with Crippen LogP contribution in [0.5, 0.6) is 5.75 Å². The highest BCUT2D eigenvalue weighted by Crippen LogP contribution is 2.42. The number of methoxy groups -OCH3 is 1. The molecular weight excluding hydrogens is 424 g/mol. The Bertz CT molecular complexity index is 1310. The number of fused-ring (bicyclic) bond motifs is 1. The van der Waals surface area contributed by atoms with E-state index in [-0.39, 0.29) is 10.6 Å². The Hall–Kier alpha value is -4.07. The predicted molar refractivity (Wildman–Crippen MR) is 136 cm³/mol. The third kappa shape index (κ3) is 4.14. The number of nitrogens with one attached hydrogen (secondary N) is 2. The molecule has 0 radical (unpaired) electrons. The van der Waals surface area contributed by atoms with Crippen molar-refractivity contribution in [3.8, 4) is 5.75 Å².